The van der Waals surface area contributed by atoms with Gasteiger partial charge >= 0.3 is 5.97 Å². The van der Waals surface area contributed by atoms with E-state index in [0.717, 1.165) is 5.69 Å². The van der Waals surface area contributed by atoms with Gasteiger partial charge in [-0.25, -0.2) is 0 Å². The van der Waals surface area contributed by atoms with Crippen molar-refractivity contribution in [2.75, 3.05) is 24.6 Å². The fourth-order valence-corrected chi connectivity index (χ4v) is 2.11. The lowest BCUT2D eigenvalue weighted by atomic mass is 10.1. The molecule has 1 heterocycles. The van der Waals surface area contributed by atoms with Crippen LogP contribution in [0.4, 0.5) is 5.69 Å². The molecule has 0 N–H and O–H groups in total. The van der Waals surface area contributed by atoms with Gasteiger partial charge in [0.2, 0.25) is 0 Å². The van der Waals surface area contributed by atoms with E-state index in [1.165, 1.54) is 0 Å². The number of esters is 1. The number of rotatable bonds is 3. The summed E-state index contributed by atoms with van der Waals surface area (Å²) in [6.07, 6.45) is 0. The largest absolute Gasteiger partial charge is 0.465 e. The zero-order valence-electron chi connectivity index (χ0n) is 10.1. The van der Waals surface area contributed by atoms with Crippen molar-refractivity contribution in [2.24, 2.45) is 5.92 Å². The van der Waals surface area contributed by atoms with Crippen LogP contribution in [0.25, 0.3) is 0 Å². The number of hydrogen-bond donors (Lipinski definition) is 0. The van der Waals surface area contributed by atoms with Crippen LogP contribution in [0.1, 0.15) is 6.92 Å². The summed E-state index contributed by atoms with van der Waals surface area (Å²) in [5.41, 5.74) is 0.888. The second-order valence-corrected chi connectivity index (χ2v) is 4.56. The molecule has 5 heteroatoms. The van der Waals surface area contributed by atoms with E-state index >= 15 is 0 Å². The predicted molar refractivity (Wildman–Crippen MR) is 68.8 cm³/mol. The Kier molecular flexibility index (Phi) is 3.87. The first-order valence-electron chi connectivity index (χ1n) is 5.81. The number of ketones is 1. The molecule has 1 unspecified atom stereocenters. The smallest absolute Gasteiger partial charge is 0.318 e. The van der Waals surface area contributed by atoms with Crippen molar-refractivity contribution >= 4 is 29.0 Å². The van der Waals surface area contributed by atoms with Gasteiger partial charge in [-0.1, -0.05) is 11.6 Å². The van der Waals surface area contributed by atoms with Gasteiger partial charge in [0.1, 0.15) is 5.92 Å². The van der Waals surface area contributed by atoms with Crippen molar-refractivity contribution in [2.45, 2.75) is 6.92 Å². The topological polar surface area (TPSA) is 46.6 Å². The number of ether oxygens (including phenoxy) is 1. The molecule has 0 spiro atoms. The summed E-state index contributed by atoms with van der Waals surface area (Å²) >= 11 is 5.81. The molecule has 1 saturated heterocycles. The first-order chi connectivity index (χ1) is 8.61. The lowest BCUT2D eigenvalue weighted by Crippen LogP contribution is -2.25. The zero-order chi connectivity index (χ0) is 13.1. The van der Waals surface area contributed by atoms with E-state index in [1.807, 2.05) is 17.0 Å². The number of nitrogens with zero attached hydrogens (tertiary/aromatic N) is 1. The van der Waals surface area contributed by atoms with Gasteiger partial charge in [-0.15, -0.1) is 0 Å². The van der Waals surface area contributed by atoms with E-state index in [2.05, 4.69) is 0 Å². The summed E-state index contributed by atoms with van der Waals surface area (Å²) in [5, 5.41) is 0.645. The van der Waals surface area contributed by atoms with E-state index < -0.39 is 11.9 Å². The molecule has 4 nitrogen and oxygen atoms in total. The highest BCUT2D eigenvalue weighted by Gasteiger charge is 2.37. The minimum absolute atomic E-state index is 0.0941. The molecular weight excluding hydrogens is 254 g/mol. The average Bonchev–Trinajstić information content (AvgIpc) is 2.72. The number of carbonyl (C=O) groups is 2. The minimum atomic E-state index is -0.666. The second-order valence-electron chi connectivity index (χ2n) is 4.13. The number of halogens is 1. The number of Topliss-reactive ketones (excluding diaryl/α,β-unsaturated/α-hetero) is 1. The van der Waals surface area contributed by atoms with Crippen molar-refractivity contribution in [1.29, 1.82) is 0 Å². The highest BCUT2D eigenvalue weighted by molar-refractivity contribution is 6.30. The van der Waals surface area contributed by atoms with Crippen LogP contribution in [-0.2, 0) is 14.3 Å². The predicted octanol–water partition coefficient (Wildman–Crippen LogP) is 1.91. The van der Waals surface area contributed by atoms with Crippen molar-refractivity contribution in [3.63, 3.8) is 0 Å². The van der Waals surface area contributed by atoms with E-state index in [4.69, 9.17) is 16.3 Å². The van der Waals surface area contributed by atoms with Crippen LogP contribution in [0.15, 0.2) is 24.3 Å². The van der Waals surface area contributed by atoms with E-state index in [1.54, 1.807) is 19.1 Å². The third-order valence-corrected chi connectivity index (χ3v) is 3.15. The van der Waals surface area contributed by atoms with Gasteiger partial charge < -0.3 is 9.64 Å². The van der Waals surface area contributed by atoms with Gasteiger partial charge in [0.15, 0.2) is 5.78 Å². The minimum Gasteiger partial charge on any atom is -0.465 e. The lowest BCUT2D eigenvalue weighted by molar-refractivity contribution is -0.149. The van der Waals surface area contributed by atoms with Crippen LogP contribution < -0.4 is 4.90 Å². The molecule has 0 aliphatic carbocycles. The molecular formula is C13H14ClNO3. The summed E-state index contributed by atoms with van der Waals surface area (Å²) < 4.78 is 4.89. The maximum atomic E-state index is 11.8. The van der Waals surface area contributed by atoms with Crippen LogP contribution in [0, 0.1) is 5.92 Å². The Hall–Kier alpha value is -1.55. The number of carbonyl (C=O) groups excluding carboxylic acids is 2. The Morgan fingerprint density at radius 3 is 2.72 bits per heavy atom. The lowest BCUT2D eigenvalue weighted by Gasteiger charge is -2.17. The maximum absolute atomic E-state index is 11.8. The number of anilines is 1. The summed E-state index contributed by atoms with van der Waals surface area (Å²) in [4.78, 5) is 25.2. The Balaban J connectivity index is 2.08. The standard InChI is InChI=1S/C13H14ClNO3/c1-2-18-13(17)11-7-15(8-12(11)16)10-5-3-9(14)4-6-10/h3-6,11H,2,7-8H2,1H3. The van der Waals surface area contributed by atoms with Crippen molar-refractivity contribution in [3.05, 3.63) is 29.3 Å². The number of hydrogen-bond acceptors (Lipinski definition) is 4. The van der Waals surface area contributed by atoms with Gasteiger partial charge in [0, 0.05) is 17.3 Å². The fraction of sp³-hybridized carbons (Fsp3) is 0.385. The van der Waals surface area contributed by atoms with E-state index in [9.17, 15) is 9.59 Å². The normalized spacial score (nSPS) is 19.1. The van der Waals surface area contributed by atoms with Crippen LogP contribution in [0.2, 0.25) is 5.02 Å². The summed E-state index contributed by atoms with van der Waals surface area (Å²) in [6, 6.07) is 7.20. The molecule has 0 saturated carbocycles. The number of benzene rings is 1. The quantitative estimate of drug-likeness (QED) is 0.620. The van der Waals surface area contributed by atoms with Crippen molar-refractivity contribution < 1.29 is 14.3 Å². The van der Waals surface area contributed by atoms with Gasteiger partial charge in [-0.3, -0.25) is 9.59 Å². The van der Waals surface area contributed by atoms with Crippen molar-refractivity contribution in [1.82, 2.24) is 0 Å². The fourth-order valence-electron chi connectivity index (χ4n) is 1.98. The molecule has 0 amide bonds. The molecule has 1 aliphatic heterocycles. The van der Waals surface area contributed by atoms with Gasteiger partial charge in [0.05, 0.1) is 13.2 Å². The SMILES string of the molecule is CCOC(=O)C1CN(c2ccc(Cl)cc2)CC1=O. The molecule has 1 fully saturated rings. The highest BCUT2D eigenvalue weighted by Crippen LogP contribution is 2.24. The third kappa shape index (κ3) is 2.64. The first-order valence-corrected chi connectivity index (χ1v) is 6.19. The highest BCUT2D eigenvalue weighted by atomic mass is 35.5. The molecule has 2 rings (SSSR count). The zero-order valence-corrected chi connectivity index (χ0v) is 10.8. The monoisotopic (exact) mass is 267 g/mol. The van der Waals surface area contributed by atoms with Crippen LogP contribution >= 0.6 is 11.6 Å². The molecule has 1 aromatic rings. The Morgan fingerprint density at radius 1 is 1.44 bits per heavy atom. The molecule has 1 atom stereocenters. The van der Waals surface area contributed by atoms with Crippen LogP contribution in [0.3, 0.4) is 0 Å². The van der Waals surface area contributed by atoms with Gasteiger partial charge in [-0.05, 0) is 31.2 Å². The Bertz CT molecular complexity index is 458. The molecule has 0 bridgehead atoms. The van der Waals surface area contributed by atoms with Crippen LogP contribution in [0.5, 0.6) is 0 Å². The third-order valence-electron chi connectivity index (χ3n) is 2.90. The van der Waals surface area contributed by atoms with E-state index in [-0.39, 0.29) is 12.3 Å². The van der Waals surface area contributed by atoms with Gasteiger partial charge in [0.25, 0.3) is 0 Å². The Morgan fingerprint density at radius 2 is 2.11 bits per heavy atom. The molecule has 0 aromatic heterocycles. The Labute approximate surface area is 110 Å². The van der Waals surface area contributed by atoms with E-state index in [0.29, 0.717) is 18.2 Å². The summed E-state index contributed by atoms with van der Waals surface area (Å²) in [6.45, 7) is 2.64. The molecule has 1 aliphatic rings. The van der Waals surface area contributed by atoms with Crippen LogP contribution in [-0.4, -0.2) is 31.4 Å². The molecule has 96 valence electrons. The summed E-state index contributed by atoms with van der Waals surface area (Å²) in [7, 11) is 0. The molecule has 1 aromatic carbocycles. The summed E-state index contributed by atoms with van der Waals surface area (Å²) in [5.74, 6) is -1.19. The molecule has 0 radical (unpaired) electrons. The first kappa shape index (κ1) is 12.9. The average molecular weight is 268 g/mol. The maximum Gasteiger partial charge on any atom is 0.318 e. The van der Waals surface area contributed by atoms with Gasteiger partial charge in [-0.2, -0.15) is 0 Å². The molecule has 18 heavy (non-hydrogen) atoms. The van der Waals surface area contributed by atoms with Crippen molar-refractivity contribution in [3.8, 4) is 0 Å². The second kappa shape index (κ2) is 5.40.